The van der Waals surface area contributed by atoms with Crippen molar-refractivity contribution in [3.63, 3.8) is 0 Å². The second kappa shape index (κ2) is 8.24. The fraction of sp³-hybridized carbons (Fsp3) is 0.316. The first kappa shape index (κ1) is 18.8. The molecule has 0 bridgehead atoms. The van der Waals surface area contributed by atoms with E-state index in [2.05, 4.69) is 29.0 Å². The number of nitrogens with zero attached hydrogens (tertiary/aromatic N) is 5. The summed E-state index contributed by atoms with van der Waals surface area (Å²) in [6, 6.07) is 5.54. The second-order valence-corrected chi connectivity index (χ2v) is 8.56. The van der Waals surface area contributed by atoms with Crippen LogP contribution in [0, 0.1) is 5.92 Å². The molecule has 144 valence electrons. The van der Waals surface area contributed by atoms with Crippen molar-refractivity contribution >= 4 is 33.3 Å². The highest BCUT2D eigenvalue weighted by molar-refractivity contribution is 7.98. The highest BCUT2D eigenvalue weighted by atomic mass is 32.2. The van der Waals surface area contributed by atoms with E-state index in [1.165, 1.54) is 23.1 Å². The lowest BCUT2D eigenvalue weighted by molar-refractivity contribution is 0.391. The Morgan fingerprint density at radius 2 is 2.04 bits per heavy atom. The molecule has 0 spiro atoms. The van der Waals surface area contributed by atoms with E-state index in [0.717, 1.165) is 17.5 Å². The number of aromatic nitrogens is 5. The van der Waals surface area contributed by atoms with E-state index in [1.54, 1.807) is 17.0 Å². The molecular weight excluding hydrogens is 394 g/mol. The minimum Gasteiger partial charge on any atom is -0.338 e. The normalized spacial score (nSPS) is 11.5. The molecule has 0 atom stereocenters. The van der Waals surface area contributed by atoms with Gasteiger partial charge in [-0.1, -0.05) is 30.8 Å². The molecule has 0 fully saturated rings. The first-order valence-electron chi connectivity index (χ1n) is 8.95. The van der Waals surface area contributed by atoms with Crippen LogP contribution in [0.3, 0.4) is 0 Å². The minimum absolute atomic E-state index is 0.0196. The molecule has 0 aliphatic heterocycles. The quantitative estimate of drug-likeness (QED) is 0.331. The van der Waals surface area contributed by atoms with Crippen molar-refractivity contribution in [2.24, 2.45) is 5.92 Å². The molecule has 28 heavy (non-hydrogen) atoms. The molecule has 4 rings (SSSR count). The Bertz CT molecular complexity index is 1130. The van der Waals surface area contributed by atoms with Crippen molar-refractivity contribution in [2.75, 3.05) is 0 Å². The maximum absolute atomic E-state index is 12.9. The molecule has 0 amide bonds. The summed E-state index contributed by atoms with van der Waals surface area (Å²) in [6.45, 7) is 4.94. The SMILES string of the molecule is CC(C)CCn1c(SCc2nc(-c3ccncc3)no2)nc2ccsc2c1=O. The van der Waals surface area contributed by atoms with E-state index in [9.17, 15) is 4.79 Å². The van der Waals surface area contributed by atoms with Gasteiger partial charge in [-0.15, -0.1) is 11.3 Å². The zero-order valence-corrected chi connectivity index (χ0v) is 17.2. The fourth-order valence-electron chi connectivity index (χ4n) is 2.68. The van der Waals surface area contributed by atoms with Crippen LogP contribution in [0.15, 0.2) is 50.4 Å². The minimum atomic E-state index is 0.0196. The van der Waals surface area contributed by atoms with Crippen LogP contribution < -0.4 is 5.56 Å². The molecule has 4 aromatic heterocycles. The van der Waals surface area contributed by atoms with E-state index >= 15 is 0 Å². The van der Waals surface area contributed by atoms with Gasteiger partial charge in [0, 0.05) is 24.5 Å². The summed E-state index contributed by atoms with van der Waals surface area (Å²) in [5.41, 5.74) is 1.61. The molecule has 0 unspecified atom stereocenters. The second-order valence-electron chi connectivity index (χ2n) is 6.70. The highest BCUT2D eigenvalue weighted by Gasteiger charge is 2.15. The number of thioether (sulfide) groups is 1. The average Bonchev–Trinajstić information content (AvgIpc) is 3.36. The molecular formula is C19H19N5O2S2. The van der Waals surface area contributed by atoms with E-state index in [4.69, 9.17) is 9.51 Å². The number of hydrogen-bond donors (Lipinski definition) is 0. The first-order valence-corrected chi connectivity index (χ1v) is 10.8. The lowest BCUT2D eigenvalue weighted by Gasteiger charge is -2.12. The number of pyridine rings is 1. The third-order valence-electron chi connectivity index (χ3n) is 4.19. The van der Waals surface area contributed by atoms with Gasteiger partial charge in [-0.05, 0) is 35.9 Å². The summed E-state index contributed by atoms with van der Waals surface area (Å²) in [5.74, 6) is 1.97. The van der Waals surface area contributed by atoms with Gasteiger partial charge < -0.3 is 4.52 Å². The zero-order chi connectivity index (χ0) is 19.5. The Hall–Kier alpha value is -2.52. The summed E-state index contributed by atoms with van der Waals surface area (Å²) >= 11 is 2.88. The van der Waals surface area contributed by atoms with Gasteiger partial charge in [0.05, 0.1) is 11.3 Å². The lowest BCUT2D eigenvalue weighted by Crippen LogP contribution is -2.23. The first-order chi connectivity index (χ1) is 13.6. The standard InChI is InChI=1S/C19H19N5O2S2/c1-12(2)5-9-24-18(25)16-14(6-10-27-16)21-19(24)28-11-15-22-17(23-26-15)13-3-7-20-8-4-13/h3-4,6-8,10,12H,5,9,11H2,1-2H3. The topological polar surface area (TPSA) is 86.7 Å². The largest absolute Gasteiger partial charge is 0.338 e. The number of fused-ring (bicyclic) bond motifs is 1. The van der Waals surface area contributed by atoms with Crippen LogP contribution in [0.4, 0.5) is 0 Å². The van der Waals surface area contributed by atoms with Crippen LogP contribution in [0.25, 0.3) is 21.6 Å². The number of rotatable bonds is 7. The highest BCUT2D eigenvalue weighted by Crippen LogP contribution is 2.25. The van der Waals surface area contributed by atoms with E-state index in [0.29, 0.717) is 39.8 Å². The van der Waals surface area contributed by atoms with Crippen LogP contribution in [-0.4, -0.2) is 24.7 Å². The van der Waals surface area contributed by atoms with Crippen LogP contribution >= 0.6 is 23.1 Å². The molecule has 9 heteroatoms. The van der Waals surface area contributed by atoms with Gasteiger partial charge in [0.2, 0.25) is 11.7 Å². The van der Waals surface area contributed by atoms with Crippen LogP contribution in [0.5, 0.6) is 0 Å². The summed E-state index contributed by atoms with van der Waals surface area (Å²) in [5, 5.41) is 6.61. The third-order valence-corrected chi connectivity index (χ3v) is 6.05. The molecule has 4 heterocycles. The van der Waals surface area contributed by atoms with Crippen LogP contribution in [-0.2, 0) is 12.3 Å². The van der Waals surface area contributed by atoms with Crippen molar-refractivity contribution in [3.8, 4) is 11.4 Å². The molecule has 0 aromatic carbocycles. The van der Waals surface area contributed by atoms with Crippen LogP contribution in [0.1, 0.15) is 26.2 Å². The lowest BCUT2D eigenvalue weighted by atomic mass is 10.1. The number of thiophene rings is 1. The Labute approximate surface area is 169 Å². The van der Waals surface area contributed by atoms with Crippen LogP contribution in [0.2, 0.25) is 0 Å². The summed E-state index contributed by atoms with van der Waals surface area (Å²) in [6.07, 6.45) is 4.29. The van der Waals surface area contributed by atoms with Gasteiger partial charge in [-0.25, -0.2) is 4.98 Å². The van der Waals surface area contributed by atoms with E-state index < -0.39 is 0 Å². The predicted octanol–water partition coefficient (Wildman–Crippen LogP) is 4.24. The van der Waals surface area contributed by atoms with E-state index in [-0.39, 0.29) is 5.56 Å². The third kappa shape index (κ3) is 4.00. The van der Waals surface area contributed by atoms with Gasteiger partial charge in [-0.3, -0.25) is 14.3 Å². The zero-order valence-electron chi connectivity index (χ0n) is 15.5. The maximum atomic E-state index is 12.9. The van der Waals surface area contributed by atoms with Crippen molar-refractivity contribution < 1.29 is 4.52 Å². The molecule has 0 aliphatic rings. The van der Waals surface area contributed by atoms with Gasteiger partial charge in [0.25, 0.3) is 5.56 Å². The molecule has 0 radical (unpaired) electrons. The van der Waals surface area contributed by atoms with E-state index in [1.807, 2.05) is 23.6 Å². The van der Waals surface area contributed by atoms with Gasteiger partial charge >= 0.3 is 0 Å². The molecule has 0 aliphatic carbocycles. The fourth-order valence-corrected chi connectivity index (χ4v) is 4.32. The van der Waals surface area contributed by atoms with Crippen molar-refractivity contribution in [1.29, 1.82) is 0 Å². The number of hydrogen-bond acceptors (Lipinski definition) is 8. The monoisotopic (exact) mass is 413 g/mol. The average molecular weight is 414 g/mol. The maximum Gasteiger partial charge on any atom is 0.272 e. The van der Waals surface area contributed by atoms with Gasteiger partial charge in [0.15, 0.2) is 5.16 Å². The summed E-state index contributed by atoms with van der Waals surface area (Å²) in [4.78, 5) is 26.0. The Morgan fingerprint density at radius 1 is 1.21 bits per heavy atom. The summed E-state index contributed by atoms with van der Waals surface area (Å²) < 4.78 is 7.83. The molecule has 0 N–H and O–H groups in total. The molecule has 0 saturated carbocycles. The van der Waals surface area contributed by atoms with Crippen molar-refractivity contribution in [1.82, 2.24) is 24.7 Å². The molecule has 4 aromatic rings. The Balaban J connectivity index is 1.58. The van der Waals surface area contributed by atoms with Crippen molar-refractivity contribution in [3.05, 3.63) is 52.2 Å². The van der Waals surface area contributed by atoms with Gasteiger partial charge in [-0.2, -0.15) is 4.98 Å². The molecule has 0 saturated heterocycles. The summed E-state index contributed by atoms with van der Waals surface area (Å²) in [7, 11) is 0. The van der Waals surface area contributed by atoms with Gasteiger partial charge in [0.1, 0.15) is 4.70 Å². The Kier molecular flexibility index (Phi) is 5.54. The predicted molar refractivity (Wildman–Crippen MR) is 110 cm³/mol. The molecule has 7 nitrogen and oxygen atoms in total. The smallest absolute Gasteiger partial charge is 0.272 e. The van der Waals surface area contributed by atoms with Crippen molar-refractivity contribution in [2.45, 2.75) is 37.7 Å². The Morgan fingerprint density at radius 3 is 2.82 bits per heavy atom.